The summed E-state index contributed by atoms with van der Waals surface area (Å²) in [4.78, 5) is 35.1. The summed E-state index contributed by atoms with van der Waals surface area (Å²) >= 11 is 7.04. The van der Waals surface area contributed by atoms with Crippen molar-refractivity contribution in [2.45, 2.75) is 9.79 Å². The van der Waals surface area contributed by atoms with Gasteiger partial charge in [-0.25, -0.2) is 0 Å². The molecule has 0 saturated carbocycles. The summed E-state index contributed by atoms with van der Waals surface area (Å²) in [5.74, 6) is -0.724. The van der Waals surface area contributed by atoms with Gasteiger partial charge in [-0.3, -0.25) is 25.0 Å². The van der Waals surface area contributed by atoms with Crippen LogP contribution in [0.25, 0.3) is 6.08 Å². The van der Waals surface area contributed by atoms with Crippen molar-refractivity contribution in [3.8, 4) is 6.07 Å². The summed E-state index contributed by atoms with van der Waals surface area (Å²) in [5.41, 5.74) is -0.548. The molecule has 0 radical (unpaired) electrons. The van der Waals surface area contributed by atoms with Crippen molar-refractivity contribution in [3.63, 3.8) is 0 Å². The highest BCUT2D eigenvalue weighted by Gasteiger charge is 2.18. The first-order valence-electron chi connectivity index (χ1n) is 8.91. The van der Waals surface area contributed by atoms with Crippen LogP contribution in [0.1, 0.15) is 15.9 Å². The number of benzene rings is 3. The molecule has 0 aliphatic carbocycles. The van der Waals surface area contributed by atoms with Gasteiger partial charge in [0.1, 0.15) is 11.6 Å². The molecule has 0 N–H and O–H groups in total. The number of rotatable bonds is 7. The second-order valence-corrected chi connectivity index (χ2v) is 7.90. The topological polar surface area (TPSA) is 127 Å². The molecule has 8 nitrogen and oxygen atoms in total. The number of ketones is 1. The number of non-ortho nitro benzene ring substituents is 1. The highest BCUT2D eigenvalue weighted by Crippen LogP contribution is 2.36. The molecule has 32 heavy (non-hydrogen) atoms. The third-order valence-corrected chi connectivity index (χ3v) is 5.54. The Bertz CT molecular complexity index is 1300. The zero-order valence-corrected chi connectivity index (χ0v) is 17.7. The van der Waals surface area contributed by atoms with Crippen molar-refractivity contribution in [2.24, 2.45) is 0 Å². The molecule has 0 saturated heterocycles. The molecule has 0 bridgehead atoms. The lowest BCUT2D eigenvalue weighted by atomic mass is 10.0. The van der Waals surface area contributed by atoms with Gasteiger partial charge < -0.3 is 0 Å². The van der Waals surface area contributed by atoms with Gasteiger partial charge in [-0.2, -0.15) is 5.26 Å². The molecular formula is C22H12ClN3O5S. The van der Waals surface area contributed by atoms with Gasteiger partial charge in [0.15, 0.2) is 0 Å². The van der Waals surface area contributed by atoms with Gasteiger partial charge in [-0.15, -0.1) is 0 Å². The fraction of sp³-hybridized carbons (Fsp3) is 0. The van der Waals surface area contributed by atoms with Crippen LogP contribution in [0, 0.1) is 31.6 Å². The molecule has 0 heterocycles. The Kier molecular flexibility index (Phi) is 7.00. The van der Waals surface area contributed by atoms with Gasteiger partial charge >= 0.3 is 0 Å². The molecule has 158 valence electrons. The highest BCUT2D eigenvalue weighted by molar-refractivity contribution is 7.99. The van der Waals surface area contributed by atoms with Crippen LogP contribution < -0.4 is 0 Å². The SMILES string of the molecule is N#C/C(=C/c1ccc(Sc2ccc(Cl)cc2)c([N+](=O)[O-])c1)C(=O)c1cccc([N+](=O)[O-])c1. The lowest BCUT2D eigenvalue weighted by molar-refractivity contribution is -0.387. The van der Waals surface area contributed by atoms with Crippen molar-refractivity contribution < 1.29 is 14.6 Å². The quantitative estimate of drug-likeness (QED) is 0.135. The van der Waals surface area contributed by atoms with Crippen LogP contribution in [0.15, 0.2) is 82.1 Å². The molecular weight excluding hydrogens is 454 g/mol. The van der Waals surface area contributed by atoms with Crippen LogP contribution in [0.3, 0.4) is 0 Å². The van der Waals surface area contributed by atoms with E-state index in [2.05, 4.69) is 0 Å². The van der Waals surface area contributed by atoms with E-state index in [-0.39, 0.29) is 28.1 Å². The first-order valence-corrected chi connectivity index (χ1v) is 10.1. The Balaban J connectivity index is 1.94. The van der Waals surface area contributed by atoms with E-state index in [1.807, 2.05) is 0 Å². The van der Waals surface area contributed by atoms with Gasteiger partial charge in [0.25, 0.3) is 11.4 Å². The van der Waals surface area contributed by atoms with Crippen molar-refractivity contribution in [1.82, 2.24) is 0 Å². The molecule has 0 atom stereocenters. The van der Waals surface area contributed by atoms with Gasteiger partial charge in [0.05, 0.1) is 14.7 Å². The second-order valence-electron chi connectivity index (χ2n) is 6.35. The number of nitrogens with zero attached hydrogens (tertiary/aromatic N) is 3. The number of nitro groups is 2. The second kappa shape index (κ2) is 9.87. The first-order chi connectivity index (χ1) is 15.3. The molecule has 3 aromatic rings. The summed E-state index contributed by atoms with van der Waals surface area (Å²) < 4.78 is 0. The lowest BCUT2D eigenvalue weighted by Gasteiger charge is -2.05. The van der Waals surface area contributed by atoms with Gasteiger partial charge in [-0.1, -0.05) is 41.6 Å². The average Bonchev–Trinajstić information content (AvgIpc) is 2.79. The third kappa shape index (κ3) is 5.37. The van der Waals surface area contributed by atoms with Crippen molar-refractivity contribution >= 4 is 46.6 Å². The maximum atomic E-state index is 12.6. The molecule has 0 aromatic heterocycles. The molecule has 0 spiro atoms. The number of hydrogen-bond donors (Lipinski definition) is 0. The zero-order chi connectivity index (χ0) is 23.3. The molecule has 0 amide bonds. The molecule has 3 aromatic carbocycles. The predicted molar refractivity (Wildman–Crippen MR) is 120 cm³/mol. The van der Waals surface area contributed by atoms with E-state index in [0.29, 0.717) is 9.92 Å². The number of Topliss-reactive ketones (excluding diaryl/α,β-unsaturated/α-hetero) is 1. The monoisotopic (exact) mass is 465 g/mol. The summed E-state index contributed by atoms with van der Waals surface area (Å²) in [5, 5.41) is 32.5. The van der Waals surface area contributed by atoms with Crippen LogP contribution >= 0.6 is 23.4 Å². The Labute approximate surface area is 191 Å². The number of hydrogen-bond acceptors (Lipinski definition) is 7. The number of carbonyl (C=O) groups is 1. The maximum absolute atomic E-state index is 12.6. The Morgan fingerprint density at radius 1 is 1.00 bits per heavy atom. The Morgan fingerprint density at radius 3 is 2.34 bits per heavy atom. The molecule has 0 unspecified atom stereocenters. The summed E-state index contributed by atoms with van der Waals surface area (Å²) in [6, 6.07) is 17.9. The Hall–Kier alpha value is -4.00. The molecule has 3 rings (SSSR count). The number of nitriles is 1. The molecule has 10 heteroatoms. The van der Waals surface area contributed by atoms with Gasteiger partial charge in [-0.05, 0) is 42.0 Å². The predicted octanol–water partition coefficient (Wildman–Crippen LogP) is 6.10. The van der Waals surface area contributed by atoms with E-state index >= 15 is 0 Å². The number of allylic oxidation sites excluding steroid dienone is 1. The van der Waals surface area contributed by atoms with Gasteiger partial charge in [0.2, 0.25) is 5.78 Å². The number of halogens is 1. The van der Waals surface area contributed by atoms with Crippen LogP contribution in [-0.2, 0) is 0 Å². The minimum Gasteiger partial charge on any atom is -0.288 e. The summed E-state index contributed by atoms with van der Waals surface area (Å²) in [6.07, 6.45) is 1.21. The van der Waals surface area contributed by atoms with Crippen LogP contribution in [0.2, 0.25) is 5.02 Å². The van der Waals surface area contributed by atoms with Gasteiger partial charge in [0, 0.05) is 33.7 Å². The van der Waals surface area contributed by atoms with Crippen molar-refractivity contribution in [1.29, 1.82) is 5.26 Å². The van der Waals surface area contributed by atoms with Crippen molar-refractivity contribution in [2.75, 3.05) is 0 Å². The summed E-state index contributed by atoms with van der Waals surface area (Å²) in [6.45, 7) is 0. The molecule has 0 fully saturated rings. The smallest absolute Gasteiger partial charge is 0.283 e. The lowest BCUT2D eigenvalue weighted by Crippen LogP contribution is -2.03. The normalized spacial score (nSPS) is 10.9. The largest absolute Gasteiger partial charge is 0.288 e. The first kappa shape index (κ1) is 22.7. The van der Waals surface area contributed by atoms with E-state index in [1.165, 1.54) is 48.2 Å². The van der Waals surface area contributed by atoms with E-state index in [4.69, 9.17) is 11.6 Å². The minimum absolute atomic E-state index is 0.0311. The van der Waals surface area contributed by atoms with E-state index in [9.17, 15) is 30.3 Å². The number of carbonyl (C=O) groups excluding carboxylic acids is 1. The fourth-order valence-electron chi connectivity index (χ4n) is 2.71. The highest BCUT2D eigenvalue weighted by atomic mass is 35.5. The average molecular weight is 466 g/mol. The molecule has 0 aliphatic rings. The fourth-order valence-corrected chi connectivity index (χ4v) is 3.74. The third-order valence-electron chi connectivity index (χ3n) is 4.22. The van der Waals surface area contributed by atoms with Crippen LogP contribution in [0.4, 0.5) is 11.4 Å². The Morgan fingerprint density at radius 2 is 1.72 bits per heavy atom. The van der Waals surface area contributed by atoms with Crippen LogP contribution in [0.5, 0.6) is 0 Å². The minimum atomic E-state index is -0.724. The van der Waals surface area contributed by atoms with E-state index < -0.39 is 15.6 Å². The summed E-state index contributed by atoms with van der Waals surface area (Å²) in [7, 11) is 0. The van der Waals surface area contributed by atoms with E-state index in [1.54, 1.807) is 36.4 Å². The zero-order valence-electron chi connectivity index (χ0n) is 16.1. The van der Waals surface area contributed by atoms with Crippen molar-refractivity contribution in [3.05, 3.63) is 109 Å². The van der Waals surface area contributed by atoms with Crippen LogP contribution in [-0.4, -0.2) is 15.6 Å². The standard InChI is InChI=1S/C22H12ClN3O5S/c23-17-5-7-19(8-6-17)32-21-9-4-14(11-20(21)26(30)31)10-16(13-24)22(27)15-2-1-3-18(12-15)25(28)29/h1-12H/b16-10-. The maximum Gasteiger partial charge on any atom is 0.283 e. The number of nitro benzene ring substituents is 2. The van der Waals surface area contributed by atoms with E-state index in [0.717, 1.165) is 11.0 Å². The molecule has 0 aliphatic heterocycles.